The van der Waals surface area contributed by atoms with Crippen molar-refractivity contribution in [1.29, 1.82) is 0 Å². The molecule has 0 saturated carbocycles. The molecule has 0 fully saturated rings. The van der Waals surface area contributed by atoms with Gasteiger partial charge in [0.15, 0.2) is 0 Å². The lowest BCUT2D eigenvalue weighted by Crippen LogP contribution is -2.33. The molecule has 1 rings (SSSR count). The minimum Gasteiger partial charge on any atom is -0.481 e. The fraction of sp³-hybridized carbons (Fsp3) is 0.500. The van der Waals surface area contributed by atoms with Gasteiger partial charge in [0.25, 0.3) is 0 Å². The Kier molecular flexibility index (Phi) is 6.73. The van der Waals surface area contributed by atoms with Crippen molar-refractivity contribution in [1.82, 2.24) is 4.90 Å². The van der Waals surface area contributed by atoms with E-state index in [2.05, 4.69) is 21.9 Å². The topological polar surface area (TPSA) is 43.8 Å². The van der Waals surface area contributed by atoms with Gasteiger partial charge in [-0.3, -0.25) is 4.79 Å². The number of hydrogen-bond donors (Lipinski definition) is 1. The van der Waals surface area contributed by atoms with Crippen molar-refractivity contribution in [2.45, 2.75) is 11.3 Å². The lowest BCUT2D eigenvalue weighted by Gasteiger charge is -2.26. The highest BCUT2D eigenvalue weighted by atomic mass is 32.2. The second-order valence-corrected chi connectivity index (χ2v) is 5.52. The zero-order valence-corrected chi connectivity index (χ0v) is 12.6. The van der Waals surface area contributed by atoms with Crippen molar-refractivity contribution in [3.63, 3.8) is 0 Å². The Hall–Kier alpha value is -1.20. The molecule has 0 spiro atoms. The number of benzene rings is 1. The number of carboxylic acid groups (broad SMARTS) is 1. The van der Waals surface area contributed by atoms with Crippen molar-refractivity contribution in [3.05, 3.63) is 24.3 Å². The summed E-state index contributed by atoms with van der Waals surface area (Å²) in [5.74, 6) is -0.754. The van der Waals surface area contributed by atoms with Gasteiger partial charge in [-0.05, 0) is 38.6 Å². The molecule has 1 aromatic carbocycles. The van der Waals surface area contributed by atoms with Crippen LogP contribution in [-0.2, 0) is 4.79 Å². The van der Waals surface area contributed by atoms with Crippen molar-refractivity contribution in [3.8, 4) is 0 Å². The van der Waals surface area contributed by atoms with E-state index < -0.39 is 5.97 Å². The lowest BCUT2D eigenvalue weighted by atomic mass is 10.2. The van der Waals surface area contributed by atoms with Gasteiger partial charge >= 0.3 is 5.97 Å². The molecule has 5 heteroatoms. The molecule has 0 bridgehead atoms. The summed E-state index contributed by atoms with van der Waals surface area (Å²) >= 11 is 1.70. The number of carboxylic acids is 1. The van der Waals surface area contributed by atoms with Crippen molar-refractivity contribution < 1.29 is 9.90 Å². The van der Waals surface area contributed by atoms with Gasteiger partial charge in [0.05, 0.1) is 6.42 Å². The Morgan fingerprint density at radius 3 is 2.58 bits per heavy atom. The van der Waals surface area contributed by atoms with E-state index in [1.807, 2.05) is 32.5 Å². The fourth-order valence-corrected chi connectivity index (χ4v) is 2.18. The first-order valence-corrected chi connectivity index (χ1v) is 7.51. The van der Waals surface area contributed by atoms with Crippen LogP contribution in [0.3, 0.4) is 0 Å². The van der Waals surface area contributed by atoms with Gasteiger partial charge in [0, 0.05) is 30.2 Å². The van der Waals surface area contributed by atoms with E-state index in [0.29, 0.717) is 6.54 Å². The van der Waals surface area contributed by atoms with E-state index >= 15 is 0 Å². The van der Waals surface area contributed by atoms with Crippen LogP contribution in [0.15, 0.2) is 29.2 Å². The van der Waals surface area contributed by atoms with E-state index in [1.165, 1.54) is 4.90 Å². The van der Waals surface area contributed by atoms with Gasteiger partial charge < -0.3 is 14.9 Å². The third kappa shape index (κ3) is 5.98. The third-order valence-electron chi connectivity index (χ3n) is 2.83. The maximum absolute atomic E-state index is 10.8. The summed E-state index contributed by atoms with van der Waals surface area (Å²) in [5, 5.41) is 8.85. The Balaban J connectivity index is 2.77. The van der Waals surface area contributed by atoms with Crippen LogP contribution < -0.4 is 4.90 Å². The van der Waals surface area contributed by atoms with Gasteiger partial charge in [-0.1, -0.05) is 6.07 Å². The van der Waals surface area contributed by atoms with Crippen molar-refractivity contribution >= 4 is 23.4 Å². The van der Waals surface area contributed by atoms with Crippen molar-refractivity contribution in [2.24, 2.45) is 0 Å². The first kappa shape index (κ1) is 15.9. The number of aliphatic carboxylic acids is 1. The summed E-state index contributed by atoms with van der Waals surface area (Å²) in [6, 6.07) is 8.24. The number of anilines is 1. The summed E-state index contributed by atoms with van der Waals surface area (Å²) < 4.78 is 0. The third-order valence-corrected chi connectivity index (χ3v) is 3.56. The minimum absolute atomic E-state index is 0.164. The lowest BCUT2D eigenvalue weighted by molar-refractivity contribution is -0.136. The monoisotopic (exact) mass is 282 g/mol. The number of carbonyl (C=O) groups is 1. The maximum Gasteiger partial charge on any atom is 0.305 e. The van der Waals surface area contributed by atoms with E-state index in [-0.39, 0.29) is 6.42 Å². The highest BCUT2D eigenvalue weighted by Gasteiger charge is 2.09. The normalized spacial score (nSPS) is 10.7. The molecule has 106 valence electrons. The minimum atomic E-state index is -0.754. The van der Waals surface area contributed by atoms with Gasteiger partial charge in [-0.15, -0.1) is 11.8 Å². The van der Waals surface area contributed by atoms with Crippen LogP contribution in [0.5, 0.6) is 0 Å². The molecule has 1 N–H and O–H groups in total. The standard InChI is InChI=1S/C14H22N2O2S/c1-15(2)9-10-16(8-7-14(17)18)12-5-4-6-13(11-12)19-3/h4-6,11H,7-10H2,1-3H3,(H,17,18). The largest absolute Gasteiger partial charge is 0.481 e. The molecule has 0 radical (unpaired) electrons. The second-order valence-electron chi connectivity index (χ2n) is 4.64. The van der Waals surface area contributed by atoms with Gasteiger partial charge in [-0.2, -0.15) is 0 Å². The number of hydrogen-bond acceptors (Lipinski definition) is 4. The SMILES string of the molecule is CSc1cccc(N(CCC(=O)O)CCN(C)C)c1. The molecule has 19 heavy (non-hydrogen) atoms. The molecule has 0 heterocycles. The molecular formula is C14H22N2O2S. The van der Waals surface area contributed by atoms with Crippen LogP contribution >= 0.6 is 11.8 Å². The average Bonchev–Trinajstić information content (AvgIpc) is 2.38. The Labute approximate surface area is 119 Å². The first-order chi connectivity index (χ1) is 9.02. The van der Waals surface area contributed by atoms with E-state index in [4.69, 9.17) is 5.11 Å². The highest BCUT2D eigenvalue weighted by molar-refractivity contribution is 7.98. The molecule has 0 unspecified atom stereocenters. The zero-order valence-electron chi connectivity index (χ0n) is 11.8. The summed E-state index contributed by atoms with van der Waals surface area (Å²) in [6.07, 6.45) is 2.21. The predicted molar refractivity (Wildman–Crippen MR) is 81.2 cm³/mol. The first-order valence-electron chi connectivity index (χ1n) is 6.28. The molecule has 0 saturated heterocycles. The van der Waals surface area contributed by atoms with Gasteiger partial charge in [-0.25, -0.2) is 0 Å². The molecule has 1 aromatic rings. The molecule has 4 nitrogen and oxygen atoms in total. The summed E-state index contributed by atoms with van der Waals surface area (Å²) in [5.41, 5.74) is 1.09. The molecule has 0 aliphatic carbocycles. The van der Waals surface area contributed by atoms with Crippen LogP contribution in [0.25, 0.3) is 0 Å². The van der Waals surface area contributed by atoms with Crippen molar-refractivity contribution in [2.75, 3.05) is 44.9 Å². The van der Waals surface area contributed by atoms with E-state index in [0.717, 1.165) is 18.8 Å². The highest BCUT2D eigenvalue weighted by Crippen LogP contribution is 2.22. The van der Waals surface area contributed by atoms with E-state index in [1.54, 1.807) is 11.8 Å². The quantitative estimate of drug-likeness (QED) is 0.741. The second kappa shape index (κ2) is 8.07. The Bertz CT molecular complexity index is 410. The van der Waals surface area contributed by atoms with Gasteiger partial charge in [0.2, 0.25) is 0 Å². The van der Waals surface area contributed by atoms with Crippen LogP contribution in [0, 0.1) is 0 Å². The summed E-state index contributed by atoms with van der Waals surface area (Å²) in [4.78, 5) is 16.2. The van der Waals surface area contributed by atoms with Crippen LogP contribution in [-0.4, -0.2) is 56.0 Å². The fourth-order valence-electron chi connectivity index (χ4n) is 1.73. The van der Waals surface area contributed by atoms with Crippen LogP contribution in [0.1, 0.15) is 6.42 Å². The summed E-state index contributed by atoms with van der Waals surface area (Å²) in [6.45, 7) is 2.28. The number of rotatable bonds is 8. The van der Waals surface area contributed by atoms with Crippen LogP contribution in [0.2, 0.25) is 0 Å². The number of thioether (sulfide) groups is 1. The smallest absolute Gasteiger partial charge is 0.305 e. The molecule has 0 amide bonds. The molecule has 0 aliphatic rings. The van der Waals surface area contributed by atoms with Gasteiger partial charge in [0.1, 0.15) is 0 Å². The Morgan fingerprint density at radius 2 is 2.00 bits per heavy atom. The number of likely N-dealkylation sites (N-methyl/N-ethyl adjacent to an activating group) is 1. The zero-order chi connectivity index (χ0) is 14.3. The predicted octanol–water partition coefficient (Wildman–Crippen LogP) is 2.25. The molecule has 0 aliphatic heterocycles. The van der Waals surface area contributed by atoms with E-state index in [9.17, 15) is 4.79 Å². The molecule has 0 atom stereocenters. The maximum atomic E-state index is 10.8. The number of nitrogens with zero attached hydrogens (tertiary/aromatic N) is 2. The molecular weight excluding hydrogens is 260 g/mol. The average molecular weight is 282 g/mol. The molecule has 0 aromatic heterocycles. The summed E-state index contributed by atoms with van der Waals surface area (Å²) in [7, 11) is 4.04. The Morgan fingerprint density at radius 1 is 1.26 bits per heavy atom. The van der Waals surface area contributed by atoms with Crippen LogP contribution in [0.4, 0.5) is 5.69 Å².